The zero-order valence-corrected chi connectivity index (χ0v) is 12.0. The fourth-order valence-corrected chi connectivity index (χ4v) is 2.50. The number of para-hydroxylation sites is 1. The van der Waals surface area contributed by atoms with Gasteiger partial charge in [0.1, 0.15) is 0 Å². The van der Waals surface area contributed by atoms with Crippen molar-refractivity contribution in [3.05, 3.63) is 29.3 Å². The highest BCUT2D eigenvalue weighted by Crippen LogP contribution is 2.21. The molecule has 0 atom stereocenters. The van der Waals surface area contributed by atoms with E-state index in [9.17, 15) is 4.79 Å². The summed E-state index contributed by atoms with van der Waals surface area (Å²) >= 11 is 1.63. The van der Waals surface area contributed by atoms with Gasteiger partial charge in [-0.15, -0.1) is 0 Å². The number of aryl methyl sites for hydroxylation is 2. The van der Waals surface area contributed by atoms with Crippen LogP contribution in [-0.4, -0.2) is 24.0 Å². The molecule has 0 saturated heterocycles. The molecule has 3 N–H and O–H groups in total. The van der Waals surface area contributed by atoms with Gasteiger partial charge in [0.25, 0.3) is 0 Å². The first-order valence-corrected chi connectivity index (χ1v) is 7.50. The van der Waals surface area contributed by atoms with Gasteiger partial charge in [-0.3, -0.25) is 4.79 Å². The van der Waals surface area contributed by atoms with Crippen molar-refractivity contribution < 1.29 is 4.79 Å². The molecule has 0 fully saturated rings. The lowest BCUT2D eigenvalue weighted by molar-refractivity contribution is -0.113. The molecule has 18 heavy (non-hydrogen) atoms. The highest BCUT2D eigenvalue weighted by molar-refractivity contribution is 7.99. The van der Waals surface area contributed by atoms with Crippen molar-refractivity contribution in [2.75, 3.05) is 23.4 Å². The van der Waals surface area contributed by atoms with Crippen LogP contribution in [0.4, 0.5) is 5.69 Å². The van der Waals surface area contributed by atoms with E-state index in [4.69, 9.17) is 5.73 Å². The lowest BCUT2D eigenvalue weighted by atomic mass is 10.1. The second-order valence-electron chi connectivity index (χ2n) is 4.21. The zero-order valence-electron chi connectivity index (χ0n) is 11.2. The Morgan fingerprint density at radius 3 is 2.89 bits per heavy atom. The Bertz CT molecular complexity index is 393. The molecule has 0 aliphatic rings. The van der Waals surface area contributed by atoms with Gasteiger partial charge in [0, 0.05) is 5.69 Å². The Morgan fingerprint density at radius 1 is 1.44 bits per heavy atom. The average molecular weight is 266 g/mol. The third-order valence-electron chi connectivity index (χ3n) is 2.73. The summed E-state index contributed by atoms with van der Waals surface area (Å²) in [5.41, 5.74) is 8.70. The average Bonchev–Trinajstić information content (AvgIpc) is 2.37. The molecule has 0 spiro atoms. The molecule has 0 unspecified atom stereocenters. The first-order chi connectivity index (χ1) is 8.69. The molecule has 0 saturated carbocycles. The molecule has 1 amide bonds. The van der Waals surface area contributed by atoms with Crippen LogP contribution in [0.2, 0.25) is 0 Å². The van der Waals surface area contributed by atoms with E-state index in [0.29, 0.717) is 12.3 Å². The van der Waals surface area contributed by atoms with Gasteiger partial charge in [0.05, 0.1) is 5.75 Å². The fourth-order valence-electron chi connectivity index (χ4n) is 1.73. The molecule has 0 radical (unpaired) electrons. The van der Waals surface area contributed by atoms with Crippen LogP contribution < -0.4 is 11.1 Å². The number of hydrogen-bond acceptors (Lipinski definition) is 3. The van der Waals surface area contributed by atoms with Crippen molar-refractivity contribution in [3.63, 3.8) is 0 Å². The third kappa shape index (κ3) is 4.70. The summed E-state index contributed by atoms with van der Waals surface area (Å²) in [6.07, 6.45) is 1.89. The van der Waals surface area contributed by atoms with Gasteiger partial charge in [-0.25, -0.2) is 0 Å². The number of hydrogen-bond donors (Lipinski definition) is 2. The van der Waals surface area contributed by atoms with E-state index in [0.717, 1.165) is 29.8 Å². The normalized spacial score (nSPS) is 10.4. The third-order valence-corrected chi connectivity index (χ3v) is 3.77. The maximum atomic E-state index is 11.8. The van der Waals surface area contributed by atoms with Gasteiger partial charge in [-0.05, 0) is 43.2 Å². The van der Waals surface area contributed by atoms with Crippen molar-refractivity contribution in [2.45, 2.75) is 26.7 Å². The summed E-state index contributed by atoms with van der Waals surface area (Å²) in [5, 5.41) is 3.02. The number of nitrogens with one attached hydrogen (secondary N) is 1. The standard InChI is InChI=1S/C14H22N2OS/c1-3-12-7-4-6-11(2)14(12)16-13(17)10-18-9-5-8-15/h4,6-7H,3,5,8-10,15H2,1-2H3,(H,16,17). The number of benzene rings is 1. The highest BCUT2D eigenvalue weighted by atomic mass is 32.2. The molecule has 1 aromatic carbocycles. The molecule has 0 bridgehead atoms. The summed E-state index contributed by atoms with van der Waals surface area (Å²) in [6, 6.07) is 6.11. The van der Waals surface area contributed by atoms with Crippen LogP contribution in [0, 0.1) is 6.92 Å². The number of thioether (sulfide) groups is 1. The first kappa shape index (κ1) is 15.1. The van der Waals surface area contributed by atoms with Gasteiger partial charge in [0.2, 0.25) is 5.91 Å². The van der Waals surface area contributed by atoms with E-state index in [1.165, 1.54) is 5.56 Å². The number of rotatable bonds is 7. The van der Waals surface area contributed by atoms with Crippen molar-refractivity contribution >= 4 is 23.4 Å². The molecule has 3 nitrogen and oxygen atoms in total. The zero-order chi connectivity index (χ0) is 13.4. The molecule has 0 aliphatic carbocycles. The van der Waals surface area contributed by atoms with Gasteiger partial charge in [-0.2, -0.15) is 11.8 Å². The Morgan fingerprint density at radius 2 is 2.22 bits per heavy atom. The topological polar surface area (TPSA) is 55.1 Å². The van der Waals surface area contributed by atoms with Crippen molar-refractivity contribution in [1.82, 2.24) is 0 Å². The minimum absolute atomic E-state index is 0.0704. The lowest BCUT2D eigenvalue weighted by Gasteiger charge is -2.12. The second kappa shape index (κ2) is 8.16. The molecular weight excluding hydrogens is 244 g/mol. The molecular formula is C14H22N2OS. The molecule has 0 heterocycles. The van der Waals surface area contributed by atoms with Crippen LogP contribution in [0.25, 0.3) is 0 Å². The molecule has 1 rings (SSSR count). The molecule has 1 aromatic rings. The largest absolute Gasteiger partial charge is 0.330 e. The minimum atomic E-state index is 0.0704. The molecule has 0 aromatic heterocycles. The van der Waals surface area contributed by atoms with E-state index in [1.54, 1.807) is 11.8 Å². The number of carbonyl (C=O) groups excluding carboxylic acids is 1. The summed E-state index contributed by atoms with van der Waals surface area (Å²) < 4.78 is 0. The van der Waals surface area contributed by atoms with Crippen LogP contribution in [-0.2, 0) is 11.2 Å². The van der Waals surface area contributed by atoms with Gasteiger partial charge in [-0.1, -0.05) is 25.1 Å². The maximum absolute atomic E-state index is 11.8. The lowest BCUT2D eigenvalue weighted by Crippen LogP contribution is -2.16. The highest BCUT2D eigenvalue weighted by Gasteiger charge is 2.08. The van der Waals surface area contributed by atoms with Gasteiger partial charge < -0.3 is 11.1 Å². The maximum Gasteiger partial charge on any atom is 0.234 e. The van der Waals surface area contributed by atoms with Gasteiger partial charge in [0.15, 0.2) is 0 Å². The van der Waals surface area contributed by atoms with E-state index >= 15 is 0 Å². The Kier molecular flexibility index (Phi) is 6.83. The van der Waals surface area contributed by atoms with Crippen molar-refractivity contribution in [1.29, 1.82) is 0 Å². The Hall–Kier alpha value is -1.000. The van der Waals surface area contributed by atoms with E-state index < -0.39 is 0 Å². The first-order valence-electron chi connectivity index (χ1n) is 6.35. The summed E-state index contributed by atoms with van der Waals surface area (Å²) in [5.74, 6) is 1.51. The fraction of sp³-hybridized carbons (Fsp3) is 0.500. The second-order valence-corrected chi connectivity index (χ2v) is 5.31. The van der Waals surface area contributed by atoms with E-state index in [2.05, 4.69) is 18.3 Å². The SMILES string of the molecule is CCc1cccc(C)c1NC(=O)CSCCCN. The quantitative estimate of drug-likeness (QED) is 0.746. The monoisotopic (exact) mass is 266 g/mol. The number of amides is 1. The smallest absolute Gasteiger partial charge is 0.234 e. The summed E-state index contributed by atoms with van der Waals surface area (Å²) in [4.78, 5) is 11.8. The van der Waals surface area contributed by atoms with Crippen LogP contribution in [0.1, 0.15) is 24.5 Å². The van der Waals surface area contributed by atoms with Crippen molar-refractivity contribution in [3.8, 4) is 0 Å². The number of nitrogens with two attached hydrogens (primary N) is 1. The van der Waals surface area contributed by atoms with Crippen LogP contribution in [0.5, 0.6) is 0 Å². The molecule has 100 valence electrons. The molecule has 0 aliphatic heterocycles. The predicted octanol–water partition coefficient (Wildman–Crippen LogP) is 2.58. The minimum Gasteiger partial charge on any atom is -0.330 e. The van der Waals surface area contributed by atoms with Crippen LogP contribution in [0.15, 0.2) is 18.2 Å². The van der Waals surface area contributed by atoms with Gasteiger partial charge >= 0.3 is 0 Å². The van der Waals surface area contributed by atoms with Crippen molar-refractivity contribution in [2.24, 2.45) is 5.73 Å². The Labute approximate surface area is 114 Å². The van der Waals surface area contributed by atoms with Crippen LogP contribution >= 0.6 is 11.8 Å². The number of anilines is 1. The van der Waals surface area contributed by atoms with E-state index in [-0.39, 0.29) is 5.91 Å². The van der Waals surface area contributed by atoms with Crippen LogP contribution in [0.3, 0.4) is 0 Å². The summed E-state index contributed by atoms with van der Waals surface area (Å²) in [7, 11) is 0. The number of carbonyl (C=O) groups is 1. The van der Waals surface area contributed by atoms with E-state index in [1.807, 2.05) is 19.1 Å². The molecule has 4 heteroatoms. The summed E-state index contributed by atoms with van der Waals surface area (Å²) in [6.45, 7) is 4.81. The predicted molar refractivity (Wildman–Crippen MR) is 80.2 cm³/mol. The Balaban J connectivity index is 2.53.